The van der Waals surface area contributed by atoms with Gasteiger partial charge in [0.1, 0.15) is 0 Å². The number of rotatable bonds is 4. The Labute approximate surface area is 74.4 Å². The van der Waals surface area contributed by atoms with E-state index in [1.54, 1.807) is 0 Å². The van der Waals surface area contributed by atoms with Crippen LogP contribution in [0.15, 0.2) is 18.3 Å². The molecule has 2 N–H and O–H groups in total. The van der Waals surface area contributed by atoms with E-state index < -0.39 is 4.92 Å². The highest BCUT2D eigenvalue weighted by Crippen LogP contribution is 2.19. The third-order valence-corrected chi connectivity index (χ3v) is 1.39. The van der Waals surface area contributed by atoms with Crippen LogP contribution in [-0.4, -0.2) is 28.2 Å². The summed E-state index contributed by atoms with van der Waals surface area (Å²) in [7, 11) is 0. The van der Waals surface area contributed by atoms with Crippen LogP contribution >= 0.6 is 0 Å². The number of nitro groups is 1. The van der Waals surface area contributed by atoms with Crippen molar-refractivity contribution in [2.75, 3.05) is 18.5 Å². The largest absolute Gasteiger partial charge is 0.395 e. The zero-order valence-electron chi connectivity index (χ0n) is 6.80. The van der Waals surface area contributed by atoms with Crippen molar-refractivity contribution in [2.45, 2.75) is 0 Å². The van der Waals surface area contributed by atoms with Gasteiger partial charge in [-0.25, -0.2) is 4.98 Å². The topological polar surface area (TPSA) is 88.3 Å². The van der Waals surface area contributed by atoms with Gasteiger partial charge in [0.2, 0.25) is 5.82 Å². The summed E-state index contributed by atoms with van der Waals surface area (Å²) in [6, 6.07) is 2.84. The molecule has 0 atom stereocenters. The molecule has 1 aromatic rings. The second kappa shape index (κ2) is 4.36. The molecular formula is C7H9N3O3. The maximum absolute atomic E-state index is 10.4. The van der Waals surface area contributed by atoms with Crippen LogP contribution in [0.4, 0.5) is 11.5 Å². The van der Waals surface area contributed by atoms with E-state index in [1.165, 1.54) is 18.3 Å². The second-order valence-corrected chi connectivity index (χ2v) is 2.28. The van der Waals surface area contributed by atoms with E-state index in [0.717, 1.165) is 0 Å². The Hall–Kier alpha value is -1.69. The number of aromatic nitrogens is 1. The standard InChI is InChI=1S/C7H9N3O3/c11-5-4-9-7-6(10(12)13)2-1-3-8-7/h1-3,11H,4-5H2,(H,8,9). The summed E-state index contributed by atoms with van der Waals surface area (Å²) in [5, 5.41) is 21.6. The summed E-state index contributed by atoms with van der Waals surface area (Å²) >= 11 is 0. The molecule has 0 aliphatic heterocycles. The van der Waals surface area contributed by atoms with Crippen molar-refractivity contribution in [3.63, 3.8) is 0 Å². The molecule has 0 fully saturated rings. The summed E-state index contributed by atoms with van der Waals surface area (Å²) in [5.41, 5.74) is -0.0871. The molecule has 70 valence electrons. The molecule has 1 aromatic heterocycles. The summed E-state index contributed by atoms with van der Waals surface area (Å²) in [6.07, 6.45) is 1.45. The van der Waals surface area contributed by atoms with Gasteiger partial charge in [-0.05, 0) is 6.07 Å². The van der Waals surface area contributed by atoms with Gasteiger partial charge in [0.15, 0.2) is 0 Å². The molecule has 0 aliphatic rings. The number of nitrogens with zero attached hydrogens (tertiary/aromatic N) is 2. The molecule has 1 rings (SSSR count). The minimum Gasteiger partial charge on any atom is -0.395 e. The highest BCUT2D eigenvalue weighted by molar-refractivity contribution is 5.54. The number of aliphatic hydroxyl groups excluding tert-OH is 1. The molecule has 6 heteroatoms. The molecule has 13 heavy (non-hydrogen) atoms. The number of nitrogens with one attached hydrogen (secondary N) is 1. The van der Waals surface area contributed by atoms with Gasteiger partial charge in [0, 0.05) is 18.8 Å². The van der Waals surface area contributed by atoms with Crippen LogP contribution in [0.3, 0.4) is 0 Å². The van der Waals surface area contributed by atoms with Crippen LogP contribution in [0.25, 0.3) is 0 Å². The fraction of sp³-hybridized carbons (Fsp3) is 0.286. The Kier molecular flexibility index (Phi) is 3.15. The first-order valence-electron chi connectivity index (χ1n) is 3.70. The van der Waals surface area contributed by atoms with E-state index in [-0.39, 0.29) is 24.7 Å². The molecule has 0 saturated heterocycles. The minimum absolute atomic E-state index is 0.0871. The molecule has 0 bridgehead atoms. The van der Waals surface area contributed by atoms with Crippen LogP contribution in [0.1, 0.15) is 0 Å². The van der Waals surface area contributed by atoms with Gasteiger partial charge in [-0.15, -0.1) is 0 Å². The van der Waals surface area contributed by atoms with Gasteiger partial charge in [-0.3, -0.25) is 10.1 Å². The lowest BCUT2D eigenvalue weighted by atomic mass is 10.4. The van der Waals surface area contributed by atoms with Gasteiger partial charge >= 0.3 is 5.69 Å². The Morgan fingerprint density at radius 2 is 2.46 bits per heavy atom. The van der Waals surface area contributed by atoms with Crippen molar-refractivity contribution in [2.24, 2.45) is 0 Å². The number of pyridine rings is 1. The maximum atomic E-state index is 10.4. The lowest BCUT2D eigenvalue weighted by molar-refractivity contribution is -0.384. The van der Waals surface area contributed by atoms with Crippen molar-refractivity contribution in [1.82, 2.24) is 4.98 Å². The molecule has 0 saturated carbocycles. The van der Waals surface area contributed by atoms with Crippen LogP contribution in [-0.2, 0) is 0 Å². The Bertz CT molecular complexity index is 303. The zero-order valence-corrected chi connectivity index (χ0v) is 6.80. The first-order valence-corrected chi connectivity index (χ1v) is 3.70. The molecule has 0 unspecified atom stereocenters. The number of hydrogen-bond acceptors (Lipinski definition) is 5. The Morgan fingerprint density at radius 1 is 1.69 bits per heavy atom. The normalized spacial score (nSPS) is 9.62. The van der Waals surface area contributed by atoms with Crippen molar-refractivity contribution >= 4 is 11.5 Å². The Morgan fingerprint density at radius 3 is 3.08 bits per heavy atom. The summed E-state index contributed by atoms with van der Waals surface area (Å²) in [5.74, 6) is 0.182. The van der Waals surface area contributed by atoms with Gasteiger partial charge < -0.3 is 10.4 Å². The fourth-order valence-electron chi connectivity index (χ4n) is 0.855. The smallest absolute Gasteiger partial charge is 0.311 e. The SMILES string of the molecule is O=[N+]([O-])c1cccnc1NCCO. The van der Waals surface area contributed by atoms with Crippen molar-refractivity contribution in [3.8, 4) is 0 Å². The molecule has 0 radical (unpaired) electrons. The predicted molar refractivity (Wildman–Crippen MR) is 46.5 cm³/mol. The van der Waals surface area contributed by atoms with Crippen LogP contribution < -0.4 is 5.32 Å². The second-order valence-electron chi connectivity index (χ2n) is 2.28. The van der Waals surface area contributed by atoms with Crippen LogP contribution in [0.2, 0.25) is 0 Å². The lowest BCUT2D eigenvalue weighted by Crippen LogP contribution is -2.08. The third-order valence-electron chi connectivity index (χ3n) is 1.39. The maximum Gasteiger partial charge on any atom is 0.311 e. The summed E-state index contributed by atoms with van der Waals surface area (Å²) in [4.78, 5) is 13.7. The van der Waals surface area contributed by atoms with E-state index in [2.05, 4.69) is 10.3 Å². The van der Waals surface area contributed by atoms with Crippen molar-refractivity contribution in [1.29, 1.82) is 0 Å². The molecule has 0 amide bonds. The number of hydrogen-bond donors (Lipinski definition) is 2. The van der Waals surface area contributed by atoms with Gasteiger partial charge in [-0.2, -0.15) is 0 Å². The molecule has 0 aromatic carbocycles. The monoisotopic (exact) mass is 183 g/mol. The lowest BCUT2D eigenvalue weighted by Gasteiger charge is -2.02. The first-order chi connectivity index (χ1) is 6.25. The molecule has 0 spiro atoms. The summed E-state index contributed by atoms with van der Waals surface area (Å²) < 4.78 is 0. The third kappa shape index (κ3) is 2.38. The van der Waals surface area contributed by atoms with Crippen molar-refractivity contribution < 1.29 is 10.0 Å². The van der Waals surface area contributed by atoms with E-state index in [0.29, 0.717) is 0 Å². The molecule has 1 heterocycles. The number of anilines is 1. The van der Waals surface area contributed by atoms with Gasteiger partial charge in [0.25, 0.3) is 0 Å². The quantitative estimate of drug-likeness (QED) is 0.520. The van der Waals surface area contributed by atoms with Gasteiger partial charge in [-0.1, -0.05) is 0 Å². The van der Waals surface area contributed by atoms with E-state index in [9.17, 15) is 10.1 Å². The Balaban J connectivity index is 2.84. The summed E-state index contributed by atoms with van der Waals surface area (Å²) in [6.45, 7) is 0.158. The van der Waals surface area contributed by atoms with Crippen LogP contribution in [0.5, 0.6) is 0 Å². The predicted octanol–water partition coefficient (Wildman–Crippen LogP) is 0.394. The van der Waals surface area contributed by atoms with Gasteiger partial charge in [0.05, 0.1) is 11.5 Å². The molecular weight excluding hydrogens is 174 g/mol. The molecule has 0 aliphatic carbocycles. The highest BCUT2D eigenvalue weighted by atomic mass is 16.6. The average Bonchev–Trinajstić information content (AvgIpc) is 2.15. The zero-order chi connectivity index (χ0) is 9.68. The van der Waals surface area contributed by atoms with E-state index >= 15 is 0 Å². The molecule has 6 nitrogen and oxygen atoms in total. The first kappa shape index (κ1) is 9.40. The minimum atomic E-state index is -0.521. The average molecular weight is 183 g/mol. The van der Waals surface area contributed by atoms with Crippen molar-refractivity contribution in [3.05, 3.63) is 28.4 Å². The fourth-order valence-corrected chi connectivity index (χ4v) is 0.855. The number of aliphatic hydroxyl groups is 1. The van der Waals surface area contributed by atoms with Crippen LogP contribution in [0, 0.1) is 10.1 Å². The van der Waals surface area contributed by atoms with E-state index in [1.807, 2.05) is 0 Å². The van der Waals surface area contributed by atoms with E-state index in [4.69, 9.17) is 5.11 Å². The highest BCUT2D eigenvalue weighted by Gasteiger charge is 2.12.